The van der Waals surface area contributed by atoms with Crippen LogP contribution in [0.15, 0.2) is 16.8 Å². The van der Waals surface area contributed by atoms with Crippen molar-refractivity contribution in [3.8, 4) is 0 Å². The van der Waals surface area contributed by atoms with Crippen molar-refractivity contribution in [1.29, 1.82) is 0 Å². The molecule has 1 amide bonds. The van der Waals surface area contributed by atoms with Crippen LogP contribution in [-0.2, 0) is 0 Å². The second-order valence-corrected chi connectivity index (χ2v) is 4.32. The maximum Gasteiger partial charge on any atom is 0.252 e. The number of aliphatic hydroxyl groups is 1. The SMILES string of the molecule is CCC(C)(CO)NC(=O)c1ccsc1. The molecule has 2 N–H and O–H groups in total. The Morgan fingerprint density at radius 1 is 1.71 bits per heavy atom. The zero-order valence-corrected chi connectivity index (χ0v) is 9.23. The van der Waals surface area contributed by atoms with Gasteiger partial charge in [0, 0.05) is 5.38 Å². The predicted octanol–water partition coefficient (Wildman–Crippen LogP) is 1.64. The highest BCUT2D eigenvalue weighted by atomic mass is 32.1. The molecule has 1 atom stereocenters. The van der Waals surface area contributed by atoms with E-state index in [0.29, 0.717) is 12.0 Å². The van der Waals surface area contributed by atoms with E-state index in [4.69, 9.17) is 5.11 Å². The summed E-state index contributed by atoms with van der Waals surface area (Å²) in [7, 11) is 0. The van der Waals surface area contributed by atoms with Gasteiger partial charge in [-0.2, -0.15) is 11.3 Å². The summed E-state index contributed by atoms with van der Waals surface area (Å²) in [5, 5.41) is 15.6. The van der Waals surface area contributed by atoms with Crippen molar-refractivity contribution < 1.29 is 9.90 Å². The Morgan fingerprint density at radius 2 is 2.43 bits per heavy atom. The summed E-state index contributed by atoms with van der Waals surface area (Å²) in [4.78, 5) is 11.6. The number of thiophene rings is 1. The van der Waals surface area contributed by atoms with Gasteiger partial charge in [0.2, 0.25) is 0 Å². The first kappa shape index (κ1) is 11.2. The summed E-state index contributed by atoms with van der Waals surface area (Å²) in [6.45, 7) is 3.72. The number of carbonyl (C=O) groups excluding carboxylic acids is 1. The fourth-order valence-corrected chi connectivity index (χ4v) is 1.62. The minimum absolute atomic E-state index is 0.0423. The van der Waals surface area contributed by atoms with Crippen molar-refractivity contribution in [3.05, 3.63) is 22.4 Å². The Bertz CT molecular complexity index is 291. The minimum atomic E-state index is -0.515. The first-order valence-electron chi connectivity index (χ1n) is 4.57. The van der Waals surface area contributed by atoms with Crippen LogP contribution in [0.3, 0.4) is 0 Å². The van der Waals surface area contributed by atoms with Crippen LogP contribution in [0.2, 0.25) is 0 Å². The Morgan fingerprint density at radius 3 is 2.86 bits per heavy atom. The van der Waals surface area contributed by atoms with Crippen LogP contribution in [0.4, 0.5) is 0 Å². The van der Waals surface area contributed by atoms with E-state index in [2.05, 4.69) is 5.32 Å². The zero-order valence-electron chi connectivity index (χ0n) is 8.41. The van der Waals surface area contributed by atoms with Crippen LogP contribution in [0.1, 0.15) is 30.6 Å². The molecule has 0 aliphatic heterocycles. The monoisotopic (exact) mass is 213 g/mol. The van der Waals surface area contributed by atoms with E-state index in [1.54, 1.807) is 11.4 Å². The molecule has 1 rings (SSSR count). The normalized spacial score (nSPS) is 14.8. The molecule has 0 saturated heterocycles. The van der Waals surface area contributed by atoms with Gasteiger partial charge in [-0.25, -0.2) is 0 Å². The molecule has 78 valence electrons. The fourth-order valence-electron chi connectivity index (χ4n) is 0.980. The van der Waals surface area contributed by atoms with Gasteiger partial charge in [-0.3, -0.25) is 4.79 Å². The highest BCUT2D eigenvalue weighted by Gasteiger charge is 2.23. The van der Waals surface area contributed by atoms with Gasteiger partial charge in [-0.15, -0.1) is 0 Å². The molecule has 0 aromatic carbocycles. The summed E-state index contributed by atoms with van der Waals surface area (Å²) >= 11 is 1.49. The molecule has 4 heteroatoms. The largest absolute Gasteiger partial charge is 0.394 e. The quantitative estimate of drug-likeness (QED) is 0.798. The maximum atomic E-state index is 11.6. The standard InChI is InChI=1S/C10H15NO2S/c1-3-10(2,7-12)11-9(13)8-4-5-14-6-8/h4-6,12H,3,7H2,1-2H3,(H,11,13). The Balaban J connectivity index is 2.65. The number of amides is 1. The van der Waals surface area contributed by atoms with Crippen LogP contribution < -0.4 is 5.32 Å². The first-order valence-corrected chi connectivity index (χ1v) is 5.51. The lowest BCUT2D eigenvalue weighted by molar-refractivity contribution is 0.0848. The second kappa shape index (κ2) is 4.57. The molecule has 3 nitrogen and oxygen atoms in total. The van der Waals surface area contributed by atoms with Gasteiger partial charge in [-0.1, -0.05) is 6.92 Å². The lowest BCUT2D eigenvalue weighted by Crippen LogP contribution is -2.48. The van der Waals surface area contributed by atoms with Crippen LogP contribution in [0.5, 0.6) is 0 Å². The molecule has 1 aromatic rings. The van der Waals surface area contributed by atoms with Crippen molar-refractivity contribution in [2.75, 3.05) is 6.61 Å². The third-order valence-corrected chi connectivity index (χ3v) is 3.01. The van der Waals surface area contributed by atoms with Gasteiger partial charge in [0.1, 0.15) is 0 Å². The second-order valence-electron chi connectivity index (χ2n) is 3.54. The molecule has 1 aromatic heterocycles. The van der Waals surface area contributed by atoms with E-state index in [0.717, 1.165) is 0 Å². The van der Waals surface area contributed by atoms with Gasteiger partial charge >= 0.3 is 0 Å². The smallest absolute Gasteiger partial charge is 0.252 e. The van der Waals surface area contributed by atoms with Crippen LogP contribution in [-0.4, -0.2) is 23.2 Å². The molecule has 0 fully saturated rings. The molecular formula is C10H15NO2S. The number of carbonyl (C=O) groups is 1. The molecule has 0 bridgehead atoms. The van der Waals surface area contributed by atoms with Gasteiger partial charge < -0.3 is 10.4 Å². The molecule has 0 radical (unpaired) electrons. The van der Waals surface area contributed by atoms with Crippen LogP contribution in [0.25, 0.3) is 0 Å². The van der Waals surface area contributed by atoms with Crippen molar-refractivity contribution in [2.24, 2.45) is 0 Å². The lowest BCUT2D eigenvalue weighted by Gasteiger charge is -2.26. The fraction of sp³-hybridized carbons (Fsp3) is 0.500. The number of rotatable bonds is 4. The number of nitrogens with one attached hydrogen (secondary N) is 1. The summed E-state index contributed by atoms with van der Waals surface area (Å²) in [6, 6.07) is 1.77. The molecule has 0 aliphatic carbocycles. The molecule has 0 saturated carbocycles. The number of aliphatic hydroxyl groups excluding tert-OH is 1. The number of hydrogen-bond donors (Lipinski definition) is 2. The number of hydrogen-bond acceptors (Lipinski definition) is 3. The maximum absolute atomic E-state index is 11.6. The summed E-state index contributed by atoms with van der Waals surface area (Å²) in [5.41, 5.74) is 0.141. The van der Waals surface area contributed by atoms with E-state index in [1.807, 2.05) is 19.2 Å². The van der Waals surface area contributed by atoms with Crippen molar-refractivity contribution in [3.63, 3.8) is 0 Å². The van der Waals surface area contributed by atoms with E-state index in [9.17, 15) is 4.79 Å². The summed E-state index contributed by atoms with van der Waals surface area (Å²) in [6.07, 6.45) is 0.708. The first-order chi connectivity index (χ1) is 6.61. The molecule has 1 unspecified atom stereocenters. The Kier molecular flexibility index (Phi) is 3.66. The van der Waals surface area contributed by atoms with E-state index < -0.39 is 5.54 Å². The average molecular weight is 213 g/mol. The van der Waals surface area contributed by atoms with Gasteiger partial charge in [0.15, 0.2) is 0 Å². The van der Waals surface area contributed by atoms with Crippen LogP contribution in [0, 0.1) is 0 Å². The van der Waals surface area contributed by atoms with Gasteiger partial charge in [0.25, 0.3) is 5.91 Å². The highest BCUT2D eigenvalue weighted by molar-refractivity contribution is 7.08. The van der Waals surface area contributed by atoms with E-state index in [-0.39, 0.29) is 12.5 Å². The van der Waals surface area contributed by atoms with Gasteiger partial charge in [-0.05, 0) is 24.8 Å². The Labute approximate surface area is 87.8 Å². The molecule has 0 aliphatic rings. The predicted molar refractivity (Wildman–Crippen MR) is 57.6 cm³/mol. The summed E-state index contributed by atoms with van der Waals surface area (Å²) < 4.78 is 0. The van der Waals surface area contributed by atoms with E-state index >= 15 is 0 Å². The molecular weight excluding hydrogens is 198 g/mol. The van der Waals surface area contributed by atoms with Gasteiger partial charge in [0.05, 0.1) is 17.7 Å². The third-order valence-electron chi connectivity index (χ3n) is 2.33. The van der Waals surface area contributed by atoms with Crippen molar-refractivity contribution >= 4 is 17.2 Å². The molecule has 1 heterocycles. The zero-order chi connectivity index (χ0) is 10.6. The lowest BCUT2D eigenvalue weighted by atomic mass is 10.00. The molecule has 14 heavy (non-hydrogen) atoms. The van der Waals surface area contributed by atoms with E-state index in [1.165, 1.54) is 11.3 Å². The third kappa shape index (κ3) is 2.56. The van der Waals surface area contributed by atoms with Crippen molar-refractivity contribution in [2.45, 2.75) is 25.8 Å². The van der Waals surface area contributed by atoms with Crippen LogP contribution >= 0.6 is 11.3 Å². The molecule has 0 spiro atoms. The van der Waals surface area contributed by atoms with Crippen molar-refractivity contribution in [1.82, 2.24) is 5.32 Å². The highest BCUT2D eigenvalue weighted by Crippen LogP contribution is 2.11. The average Bonchev–Trinajstić information content (AvgIpc) is 2.70. The Hall–Kier alpha value is -0.870. The summed E-state index contributed by atoms with van der Waals surface area (Å²) in [5.74, 6) is -0.121. The minimum Gasteiger partial charge on any atom is -0.394 e. The topological polar surface area (TPSA) is 49.3 Å².